The molecule has 0 aliphatic heterocycles. The first-order chi connectivity index (χ1) is 19.8. The fourth-order valence-electron chi connectivity index (χ4n) is 4.90. The molecule has 1 atom stereocenters. The molecule has 1 N–H and O–H groups in total. The van der Waals surface area contributed by atoms with Crippen LogP contribution in [0.3, 0.4) is 0 Å². The molecule has 0 unspecified atom stereocenters. The third-order valence-corrected chi connectivity index (χ3v) is 7.81. The van der Waals surface area contributed by atoms with E-state index < -0.39 is 6.04 Å². The van der Waals surface area contributed by atoms with Crippen molar-refractivity contribution < 1.29 is 9.59 Å². The van der Waals surface area contributed by atoms with E-state index in [0.29, 0.717) is 23.0 Å². The molecule has 0 saturated carbocycles. The van der Waals surface area contributed by atoms with Gasteiger partial charge in [-0.05, 0) is 40.3 Å². The van der Waals surface area contributed by atoms with E-state index >= 15 is 0 Å². The summed E-state index contributed by atoms with van der Waals surface area (Å²) in [5.74, 6) is -0.185. The standard InChI is InChI=1S/C35H36Cl2N2O2/c1-25(2)23-38-35(41)33(21-26-12-6-3-7-13-26)39(24-27-18-19-31(36)32(37)20-27)34(40)22-30(28-14-8-4-9-15-28)29-16-10-5-11-17-29/h3-20,25,30,33H,21-24H2,1-2H3,(H,38,41)/t33-/m1/s1. The van der Waals surface area contributed by atoms with Crippen molar-refractivity contribution >= 4 is 35.0 Å². The summed E-state index contributed by atoms with van der Waals surface area (Å²) >= 11 is 12.6. The summed E-state index contributed by atoms with van der Waals surface area (Å²) in [4.78, 5) is 29.9. The van der Waals surface area contributed by atoms with Crippen LogP contribution in [0.5, 0.6) is 0 Å². The molecule has 0 saturated heterocycles. The Morgan fingerprint density at radius 3 is 1.83 bits per heavy atom. The Kier molecular flexibility index (Phi) is 11.0. The second-order valence-electron chi connectivity index (χ2n) is 10.7. The number of nitrogens with zero attached hydrogens (tertiary/aromatic N) is 1. The smallest absolute Gasteiger partial charge is 0.243 e. The van der Waals surface area contributed by atoms with E-state index in [0.717, 1.165) is 22.3 Å². The Morgan fingerprint density at radius 2 is 1.29 bits per heavy atom. The molecule has 6 heteroatoms. The van der Waals surface area contributed by atoms with Crippen LogP contribution < -0.4 is 5.32 Å². The molecule has 212 valence electrons. The van der Waals surface area contributed by atoms with E-state index in [2.05, 4.69) is 19.2 Å². The van der Waals surface area contributed by atoms with Crippen LogP contribution in [-0.2, 0) is 22.6 Å². The molecule has 4 nitrogen and oxygen atoms in total. The molecule has 0 heterocycles. The van der Waals surface area contributed by atoms with Gasteiger partial charge in [0, 0.05) is 31.8 Å². The molecule has 0 aliphatic carbocycles. The van der Waals surface area contributed by atoms with Crippen molar-refractivity contribution in [3.63, 3.8) is 0 Å². The fraction of sp³-hybridized carbons (Fsp3) is 0.257. The van der Waals surface area contributed by atoms with Crippen molar-refractivity contribution in [1.29, 1.82) is 0 Å². The normalized spacial score (nSPS) is 11.9. The average Bonchev–Trinajstić information content (AvgIpc) is 2.99. The van der Waals surface area contributed by atoms with Crippen LogP contribution in [0.1, 0.15) is 48.4 Å². The minimum Gasteiger partial charge on any atom is -0.354 e. The van der Waals surface area contributed by atoms with E-state index in [1.54, 1.807) is 17.0 Å². The summed E-state index contributed by atoms with van der Waals surface area (Å²) in [6, 6.07) is 34.5. The molecule has 0 aliphatic rings. The molecular formula is C35H36Cl2N2O2. The first-order valence-electron chi connectivity index (χ1n) is 14.0. The van der Waals surface area contributed by atoms with Crippen LogP contribution in [0.2, 0.25) is 10.0 Å². The Balaban J connectivity index is 1.74. The summed E-state index contributed by atoms with van der Waals surface area (Å²) in [5, 5.41) is 3.93. The van der Waals surface area contributed by atoms with Gasteiger partial charge in [-0.1, -0.05) is 134 Å². The number of benzene rings is 4. The number of carbonyl (C=O) groups excluding carboxylic acids is 2. The molecule has 0 radical (unpaired) electrons. The van der Waals surface area contributed by atoms with E-state index in [9.17, 15) is 9.59 Å². The van der Waals surface area contributed by atoms with E-state index in [4.69, 9.17) is 23.2 Å². The molecule has 2 amide bonds. The third kappa shape index (κ3) is 8.69. The number of rotatable bonds is 12. The molecule has 4 rings (SSSR count). The van der Waals surface area contributed by atoms with Gasteiger partial charge < -0.3 is 10.2 Å². The highest BCUT2D eigenvalue weighted by molar-refractivity contribution is 6.42. The maximum absolute atomic E-state index is 14.4. The van der Waals surface area contributed by atoms with Crippen LogP contribution in [0.4, 0.5) is 0 Å². The first-order valence-corrected chi connectivity index (χ1v) is 14.7. The summed E-state index contributed by atoms with van der Waals surface area (Å²) in [5.41, 5.74) is 3.88. The quantitative estimate of drug-likeness (QED) is 0.183. The van der Waals surface area contributed by atoms with Gasteiger partial charge in [0.15, 0.2) is 0 Å². The second-order valence-corrected chi connectivity index (χ2v) is 11.5. The number of hydrogen-bond donors (Lipinski definition) is 1. The molecule has 0 fully saturated rings. The highest BCUT2D eigenvalue weighted by atomic mass is 35.5. The zero-order valence-corrected chi connectivity index (χ0v) is 25.0. The molecule has 0 bridgehead atoms. The van der Waals surface area contributed by atoms with Crippen molar-refractivity contribution in [3.05, 3.63) is 141 Å². The molecule has 0 spiro atoms. The highest BCUT2D eigenvalue weighted by Crippen LogP contribution is 2.30. The van der Waals surface area contributed by atoms with Gasteiger partial charge in [0.05, 0.1) is 10.0 Å². The topological polar surface area (TPSA) is 49.4 Å². The predicted octanol–water partition coefficient (Wildman–Crippen LogP) is 7.93. The molecule has 4 aromatic rings. The van der Waals surface area contributed by atoms with Gasteiger partial charge >= 0.3 is 0 Å². The van der Waals surface area contributed by atoms with Crippen molar-refractivity contribution in [2.45, 2.75) is 45.2 Å². The van der Waals surface area contributed by atoms with Gasteiger partial charge in [0.1, 0.15) is 6.04 Å². The van der Waals surface area contributed by atoms with Gasteiger partial charge in [-0.15, -0.1) is 0 Å². The number of carbonyl (C=O) groups is 2. The van der Waals surface area contributed by atoms with Crippen molar-refractivity contribution in [3.8, 4) is 0 Å². The van der Waals surface area contributed by atoms with Crippen molar-refractivity contribution in [1.82, 2.24) is 10.2 Å². The summed E-state index contributed by atoms with van der Waals surface area (Å²) in [6.07, 6.45) is 0.595. The Labute approximate surface area is 253 Å². The Morgan fingerprint density at radius 1 is 0.732 bits per heavy atom. The highest BCUT2D eigenvalue weighted by Gasteiger charge is 2.32. The fourth-order valence-corrected chi connectivity index (χ4v) is 5.22. The lowest BCUT2D eigenvalue weighted by molar-refractivity contribution is -0.141. The SMILES string of the molecule is CC(C)CNC(=O)[C@@H](Cc1ccccc1)N(Cc1ccc(Cl)c(Cl)c1)C(=O)CC(c1ccccc1)c1ccccc1. The lowest BCUT2D eigenvalue weighted by Crippen LogP contribution is -2.51. The number of amides is 2. The molecular weight excluding hydrogens is 551 g/mol. The lowest BCUT2D eigenvalue weighted by atomic mass is 9.87. The number of halogens is 2. The van der Waals surface area contributed by atoms with Crippen LogP contribution in [0.25, 0.3) is 0 Å². The number of nitrogens with one attached hydrogen (secondary N) is 1. The van der Waals surface area contributed by atoms with Crippen LogP contribution in [0.15, 0.2) is 109 Å². The van der Waals surface area contributed by atoms with Gasteiger partial charge in [0.2, 0.25) is 11.8 Å². The molecule has 0 aromatic heterocycles. The van der Waals surface area contributed by atoms with Crippen LogP contribution in [-0.4, -0.2) is 29.3 Å². The van der Waals surface area contributed by atoms with Gasteiger partial charge in [-0.3, -0.25) is 9.59 Å². The summed E-state index contributed by atoms with van der Waals surface area (Å²) < 4.78 is 0. The van der Waals surface area contributed by atoms with Gasteiger partial charge in [0.25, 0.3) is 0 Å². The minimum atomic E-state index is -0.717. The Bertz CT molecular complexity index is 1370. The van der Waals surface area contributed by atoms with Crippen LogP contribution >= 0.6 is 23.2 Å². The molecule has 41 heavy (non-hydrogen) atoms. The van der Waals surface area contributed by atoms with Gasteiger partial charge in [-0.2, -0.15) is 0 Å². The van der Waals surface area contributed by atoms with E-state index in [1.807, 2.05) is 97.1 Å². The largest absolute Gasteiger partial charge is 0.354 e. The predicted molar refractivity (Wildman–Crippen MR) is 168 cm³/mol. The minimum absolute atomic E-state index is 0.116. The number of hydrogen-bond acceptors (Lipinski definition) is 2. The average molecular weight is 588 g/mol. The third-order valence-electron chi connectivity index (χ3n) is 7.08. The maximum atomic E-state index is 14.4. The van der Waals surface area contributed by atoms with Crippen LogP contribution in [0, 0.1) is 5.92 Å². The van der Waals surface area contributed by atoms with Gasteiger partial charge in [-0.25, -0.2) is 0 Å². The summed E-state index contributed by atoms with van der Waals surface area (Å²) in [6.45, 7) is 4.85. The summed E-state index contributed by atoms with van der Waals surface area (Å²) in [7, 11) is 0. The van der Waals surface area contributed by atoms with E-state index in [-0.39, 0.29) is 36.6 Å². The van der Waals surface area contributed by atoms with Crippen molar-refractivity contribution in [2.24, 2.45) is 5.92 Å². The second kappa shape index (κ2) is 14.9. The maximum Gasteiger partial charge on any atom is 0.243 e. The zero-order valence-electron chi connectivity index (χ0n) is 23.5. The molecule has 4 aromatic carbocycles. The van der Waals surface area contributed by atoms with Crippen molar-refractivity contribution in [2.75, 3.05) is 6.54 Å². The Hall–Kier alpha value is -3.60. The zero-order chi connectivity index (χ0) is 29.2. The lowest BCUT2D eigenvalue weighted by Gasteiger charge is -2.33. The van der Waals surface area contributed by atoms with E-state index in [1.165, 1.54) is 0 Å². The first kappa shape index (κ1) is 30.4. The monoisotopic (exact) mass is 586 g/mol.